The van der Waals surface area contributed by atoms with E-state index in [0.29, 0.717) is 11.9 Å². The fourth-order valence-electron chi connectivity index (χ4n) is 2.27. The molecule has 0 bridgehead atoms. The summed E-state index contributed by atoms with van der Waals surface area (Å²) in [5, 5.41) is 14.3. The molecule has 0 saturated carbocycles. The van der Waals surface area contributed by atoms with Crippen molar-refractivity contribution in [3.05, 3.63) is 30.2 Å². The maximum Gasteiger partial charge on any atom is 0.242 e. The molecule has 3 heterocycles. The second-order valence-corrected chi connectivity index (χ2v) is 4.73. The van der Waals surface area contributed by atoms with E-state index in [1.54, 1.807) is 0 Å². The molecule has 3 aromatic heterocycles. The van der Waals surface area contributed by atoms with Crippen LogP contribution in [0.1, 0.15) is 25.5 Å². The summed E-state index contributed by atoms with van der Waals surface area (Å²) in [4.78, 5) is 4.41. The van der Waals surface area contributed by atoms with Gasteiger partial charge in [0, 0.05) is 24.4 Å². The van der Waals surface area contributed by atoms with E-state index in [-0.39, 0.29) is 0 Å². The van der Waals surface area contributed by atoms with Crippen LogP contribution in [0.2, 0.25) is 0 Å². The molecule has 0 aliphatic carbocycles. The lowest BCUT2D eigenvalue weighted by Crippen LogP contribution is -2.04. The van der Waals surface area contributed by atoms with Crippen LogP contribution in [-0.2, 0) is 0 Å². The van der Waals surface area contributed by atoms with E-state index >= 15 is 0 Å². The summed E-state index contributed by atoms with van der Waals surface area (Å²) < 4.78 is 1.90. The Labute approximate surface area is 110 Å². The Hall–Kier alpha value is -2.37. The van der Waals surface area contributed by atoms with Crippen molar-refractivity contribution in [2.24, 2.45) is 0 Å². The number of pyridine rings is 1. The molecule has 2 N–H and O–H groups in total. The zero-order chi connectivity index (χ0) is 13.4. The van der Waals surface area contributed by atoms with Crippen molar-refractivity contribution in [2.75, 3.05) is 12.4 Å². The van der Waals surface area contributed by atoms with E-state index in [4.69, 9.17) is 0 Å². The van der Waals surface area contributed by atoms with E-state index in [1.807, 2.05) is 30.0 Å². The summed E-state index contributed by atoms with van der Waals surface area (Å²) in [5.74, 6) is 0.964. The smallest absolute Gasteiger partial charge is 0.242 e. The van der Waals surface area contributed by atoms with E-state index in [1.165, 1.54) is 0 Å². The Morgan fingerprint density at radius 2 is 2.16 bits per heavy atom. The van der Waals surface area contributed by atoms with Gasteiger partial charge >= 0.3 is 0 Å². The molecule has 0 radical (unpaired) electrons. The fraction of sp³-hybridized carbons (Fsp3) is 0.308. The van der Waals surface area contributed by atoms with Crippen LogP contribution in [0.25, 0.3) is 16.8 Å². The highest BCUT2D eigenvalue weighted by Crippen LogP contribution is 2.29. The Morgan fingerprint density at radius 1 is 1.32 bits per heavy atom. The fourth-order valence-corrected chi connectivity index (χ4v) is 2.27. The largest absolute Gasteiger partial charge is 0.356 e. The number of nitrogens with one attached hydrogen (secondary N) is 2. The average Bonchev–Trinajstić information content (AvgIpc) is 3.05. The number of aromatic nitrogens is 5. The monoisotopic (exact) mass is 256 g/mol. The number of nitrogens with zero attached hydrogens (tertiary/aromatic N) is 4. The quantitative estimate of drug-likeness (QED) is 0.754. The molecular weight excluding hydrogens is 240 g/mol. The summed E-state index contributed by atoms with van der Waals surface area (Å²) in [7, 11) is 1.82. The van der Waals surface area contributed by atoms with Gasteiger partial charge in [-0.05, 0) is 18.1 Å². The van der Waals surface area contributed by atoms with Gasteiger partial charge in [-0.25, -0.2) is 4.52 Å². The minimum atomic E-state index is 0.333. The molecule has 0 fully saturated rings. The third-order valence-electron chi connectivity index (χ3n) is 3.12. The summed E-state index contributed by atoms with van der Waals surface area (Å²) in [6.45, 7) is 4.30. The zero-order valence-electron chi connectivity index (χ0n) is 11.2. The average molecular weight is 256 g/mol. The van der Waals surface area contributed by atoms with Gasteiger partial charge in [-0.3, -0.25) is 5.10 Å². The van der Waals surface area contributed by atoms with Crippen LogP contribution in [0.15, 0.2) is 24.5 Å². The summed E-state index contributed by atoms with van der Waals surface area (Å²) >= 11 is 0. The van der Waals surface area contributed by atoms with Crippen LogP contribution < -0.4 is 5.32 Å². The Bertz CT molecular complexity index is 695. The SMILES string of the molecule is CNc1nc2ccc(-c3cn[nH]c3)c(C(C)C)n2n1. The molecule has 3 aromatic rings. The van der Waals surface area contributed by atoms with Gasteiger partial charge in [0.05, 0.1) is 11.9 Å². The molecule has 6 nitrogen and oxygen atoms in total. The van der Waals surface area contributed by atoms with Crippen LogP contribution in [0.4, 0.5) is 5.95 Å². The van der Waals surface area contributed by atoms with Crippen molar-refractivity contribution in [3.8, 4) is 11.1 Å². The van der Waals surface area contributed by atoms with Crippen LogP contribution in [0.3, 0.4) is 0 Å². The Kier molecular flexibility index (Phi) is 2.70. The topological polar surface area (TPSA) is 70.9 Å². The molecule has 0 spiro atoms. The molecule has 0 aliphatic heterocycles. The standard InChI is InChI=1S/C13H16N6/c1-8(2)12-10(9-6-15-16-7-9)4-5-11-17-13(14-3)18-19(11)12/h4-8H,1-3H3,(H,14,18)(H,15,16). The zero-order valence-corrected chi connectivity index (χ0v) is 11.2. The predicted octanol–water partition coefficient (Wildman–Crippen LogP) is 2.28. The van der Waals surface area contributed by atoms with Gasteiger partial charge in [0.1, 0.15) is 0 Å². The molecule has 6 heteroatoms. The van der Waals surface area contributed by atoms with Gasteiger partial charge in [-0.15, -0.1) is 5.10 Å². The maximum absolute atomic E-state index is 4.49. The normalized spacial score (nSPS) is 11.4. The van der Waals surface area contributed by atoms with Crippen molar-refractivity contribution < 1.29 is 0 Å². The summed E-state index contributed by atoms with van der Waals surface area (Å²) in [6, 6.07) is 4.05. The predicted molar refractivity (Wildman–Crippen MR) is 74.2 cm³/mol. The number of fused-ring (bicyclic) bond motifs is 1. The van der Waals surface area contributed by atoms with E-state index in [9.17, 15) is 0 Å². The highest BCUT2D eigenvalue weighted by molar-refractivity contribution is 5.68. The number of hydrogen-bond acceptors (Lipinski definition) is 4. The van der Waals surface area contributed by atoms with Crippen molar-refractivity contribution in [1.82, 2.24) is 24.8 Å². The third kappa shape index (κ3) is 1.85. The van der Waals surface area contributed by atoms with Crippen LogP contribution in [0, 0.1) is 0 Å². The van der Waals surface area contributed by atoms with E-state index in [0.717, 1.165) is 22.5 Å². The first-order valence-electron chi connectivity index (χ1n) is 6.27. The number of aromatic amines is 1. The lowest BCUT2D eigenvalue weighted by Gasteiger charge is -2.12. The number of H-pyrrole nitrogens is 1. The highest BCUT2D eigenvalue weighted by atomic mass is 15.3. The molecule has 3 rings (SSSR count). The lowest BCUT2D eigenvalue weighted by molar-refractivity contribution is 0.761. The molecule has 19 heavy (non-hydrogen) atoms. The maximum atomic E-state index is 4.49. The van der Waals surface area contributed by atoms with Gasteiger partial charge < -0.3 is 5.32 Å². The van der Waals surface area contributed by atoms with Crippen LogP contribution in [-0.4, -0.2) is 31.8 Å². The van der Waals surface area contributed by atoms with E-state index < -0.39 is 0 Å². The number of anilines is 1. The van der Waals surface area contributed by atoms with Gasteiger partial charge in [-0.1, -0.05) is 13.8 Å². The first-order valence-corrected chi connectivity index (χ1v) is 6.27. The van der Waals surface area contributed by atoms with E-state index in [2.05, 4.69) is 45.5 Å². The van der Waals surface area contributed by atoms with Crippen molar-refractivity contribution in [2.45, 2.75) is 19.8 Å². The first-order chi connectivity index (χ1) is 9.20. The van der Waals surface area contributed by atoms with Gasteiger partial charge in [-0.2, -0.15) is 10.1 Å². The second kappa shape index (κ2) is 4.38. The molecule has 0 atom stereocenters. The first kappa shape index (κ1) is 11.7. The second-order valence-electron chi connectivity index (χ2n) is 4.73. The van der Waals surface area contributed by atoms with Crippen molar-refractivity contribution >= 4 is 11.6 Å². The van der Waals surface area contributed by atoms with Crippen molar-refractivity contribution in [1.29, 1.82) is 0 Å². The Morgan fingerprint density at radius 3 is 2.79 bits per heavy atom. The Balaban J connectivity index is 2.31. The van der Waals surface area contributed by atoms with Gasteiger partial charge in [0.2, 0.25) is 5.95 Å². The molecule has 0 unspecified atom stereocenters. The number of rotatable bonds is 3. The summed E-state index contributed by atoms with van der Waals surface area (Å²) in [5.41, 5.74) is 4.17. The minimum absolute atomic E-state index is 0.333. The summed E-state index contributed by atoms with van der Waals surface area (Å²) in [6.07, 6.45) is 3.71. The lowest BCUT2D eigenvalue weighted by atomic mass is 10.00. The minimum Gasteiger partial charge on any atom is -0.356 e. The molecular formula is C13H16N6. The highest BCUT2D eigenvalue weighted by Gasteiger charge is 2.16. The molecule has 0 aliphatic rings. The molecule has 98 valence electrons. The molecule has 0 aromatic carbocycles. The third-order valence-corrected chi connectivity index (χ3v) is 3.12. The van der Waals surface area contributed by atoms with Crippen LogP contribution >= 0.6 is 0 Å². The molecule has 0 amide bonds. The molecule has 0 saturated heterocycles. The van der Waals surface area contributed by atoms with Crippen molar-refractivity contribution in [3.63, 3.8) is 0 Å². The van der Waals surface area contributed by atoms with Gasteiger partial charge in [0.25, 0.3) is 0 Å². The number of hydrogen-bond donors (Lipinski definition) is 2. The van der Waals surface area contributed by atoms with Gasteiger partial charge in [0.15, 0.2) is 5.65 Å². The van der Waals surface area contributed by atoms with Crippen LogP contribution in [0.5, 0.6) is 0 Å².